The van der Waals surface area contributed by atoms with Gasteiger partial charge in [-0.25, -0.2) is 0 Å². The predicted molar refractivity (Wildman–Crippen MR) is 77.8 cm³/mol. The van der Waals surface area contributed by atoms with Gasteiger partial charge in [0, 0.05) is 12.1 Å². The summed E-state index contributed by atoms with van der Waals surface area (Å²) >= 11 is 0. The minimum atomic E-state index is -0.819. The van der Waals surface area contributed by atoms with Gasteiger partial charge in [-0.05, 0) is 26.5 Å². The summed E-state index contributed by atoms with van der Waals surface area (Å²) in [7, 11) is 1.84. The zero-order chi connectivity index (χ0) is 15.4. The quantitative estimate of drug-likeness (QED) is 0.880. The molecular formula is C15H19N3O3. The van der Waals surface area contributed by atoms with Gasteiger partial charge in [0.25, 0.3) is 0 Å². The minimum absolute atomic E-state index is 0.0830. The van der Waals surface area contributed by atoms with Crippen molar-refractivity contribution < 1.29 is 14.4 Å². The Bertz CT molecular complexity index is 624. The van der Waals surface area contributed by atoms with Crippen molar-refractivity contribution in [2.24, 2.45) is 0 Å². The van der Waals surface area contributed by atoms with E-state index >= 15 is 0 Å². The van der Waals surface area contributed by atoms with Gasteiger partial charge >= 0.3 is 5.97 Å². The van der Waals surface area contributed by atoms with Crippen LogP contribution in [0.25, 0.3) is 11.4 Å². The highest BCUT2D eigenvalue weighted by Crippen LogP contribution is 2.23. The van der Waals surface area contributed by atoms with Crippen molar-refractivity contribution in [3.05, 3.63) is 35.7 Å². The van der Waals surface area contributed by atoms with Gasteiger partial charge in [0.2, 0.25) is 11.7 Å². The number of hydrogen-bond acceptors (Lipinski definition) is 5. The number of hydrogen-bond donors (Lipinski definition) is 1. The van der Waals surface area contributed by atoms with Crippen LogP contribution in [0, 0.1) is 6.92 Å². The number of carbonyl (C=O) groups is 1. The summed E-state index contributed by atoms with van der Waals surface area (Å²) in [6, 6.07) is 7.70. The van der Waals surface area contributed by atoms with Crippen molar-refractivity contribution in [3.8, 4) is 11.4 Å². The molecule has 1 N–H and O–H groups in total. The molecule has 0 saturated carbocycles. The Morgan fingerprint density at radius 1 is 1.43 bits per heavy atom. The van der Waals surface area contributed by atoms with Crippen LogP contribution >= 0.6 is 0 Å². The first kappa shape index (κ1) is 15.2. The number of aryl methyl sites for hydroxylation is 1. The van der Waals surface area contributed by atoms with Crippen LogP contribution in [0.2, 0.25) is 0 Å². The molecule has 2 rings (SSSR count). The third kappa shape index (κ3) is 3.66. The van der Waals surface area contributed by atoms with E-state index in [4.69, 9.17) is 9.63 Å². The largest absolute Gasteiger partial charge is 0.481 e. The number of carboxylic acid groups (broad SMARTS) is 1. The molecule has 1 unspecified atom stereocenters. The Morgan fingerprint density at radius 2 is 2.14 bits per heavy atom. The minimum Gasteiger partial charge on any atom is -0.481 e. The van der Waals surface area contributed by atoms with Gasteiger partial charge in [0.05, 0.1) is 12.5 Å². The first-order chi connectivity index (χ1) is 9.99. The number of nitrogens with zero attached hydrogens (tertiary/aromatic N) is 3. The van der Waals surface area contributed by atoms with E-state index in [1.165, 1.54) is 0 Å². The van der Waals surface area contributed by atoms with Crippen LogP contribution in [-0.2, 0) is 4.79 Å². The van der Waals surface area contributed by atoms with E-state index in [1.54, 1.807) is 0 Å². The van der Waals surface area contributed by atoms with Crippen LogP contribution in [0.3, 0.4) is 0 Å². The van der Waals surface area contributed by atoms with Crippen LogP contribution in [0.4, 0.5) is 0 Å². The lowest BCUT2D eigenvalue weighted by molar-refractivity contribution is -0.137. The summed E-state index contributed by atoms with van der Waals surface area (Å²) in [6.45, 7) is 4.34. The van der Waals surface area contributed by atoms with E-state index in [1.807, 2.05) is 50.1 Å². The van der Waals surface area contributed by atoms with Crippen molar-refractivity contribution in [2.75, 3.05) is 13.6 Å². The van der Waals surface area contributed by atoms with E-state index in [0.717, 1.165) is 11.1 Å². The molecule has 0 fully saturated rings. The molecule has 0 radical (unpaired) electrons. The van der Waals surface area contributed by atoms with Crippen molar-refractivity contribution in [2.45, 2.75) is 26.3 Å². The van der Waals surface area contributed by atoms with Gasteiger partial charge in [-0.2, -0.15) is 4.98 Å². The van der Waals surface area contributed by atoms with Crippen molar-refractivity contribution in [1.29, 1.82) is 0 Å². The molecule has 21 heavy (non-hydrogen) atoms. The summed E-state index contributed by atoms with van der Waals surface area (Å²) in [4.78, 5) is 16.9. The Balaban J connectivity index is 2.12. The highest BCUT2D eigenvalue weighted by molar-refractivity contribution is 5.66. The molecule has 1 atom stereocenters. The molecule has 1 heterocycles. The normalized spacial score (nSPS) is 12.6. The van der Waals surface area contributed by atoms with Gasteiger partial charge in [0.1, 0.15) is 0 Å². The molecule has 0 saturated heterocycles. The summed E-state index contributed by atoms with van der Waals surface area (Å²) in [5.74, 6) is 0.225. The van der Waals surface area contributed by atoms with Crippen molar-refractivity contribution in [1.82, 2.24) is 15.0 Å². The van der Waals surface area contributed by atoms with Gasteiger partial charge in [0.15, 0.2) is 0 Å². The maximum Gasteiger partial charge on any atom is 0.304 e. The zero-order valence-corrected chi connectivity index (χ0v) is 12.4. The average Bonchev–Trinajstić information content (AvgIpc) is 2.94. The number of rotatable bonds is 6. The van der Waals surface area contributed by atoms with Crippen LogP contribution in [-0.4, -0.2) is 39.7 Å². The molecule has 1 aromatic heterocycles. The number of benzene rings is 1. The second kappa shape index (κ2) is 6.49. The second-order valence-electron chi connectivity index (χ2n) is 5.07. The van der Waals surface area contributed by atoms with E-state index < -0.39 is 5.97 Å². The topological polar surface area (TPSA) is 79.5 Å². The molecule has 0 aliphatic carbocycles. The number of aromatic nitrogens is 2. The first-order valence-corrected chi connectivity index (χ1v) is 6.80. The first-order valence-electron chi connectivity index (χ1n) is 6.80. The smallest absolute Gasteiger partial charge is 0.304 e. The number of aliphatic carboxylic acids is 1. The van der Waals surface area contributed by atoms with Crippen LogP contribution in [0.1, 0.15) is 30.8 Å². The van der Waals surface area contributed by atoms with Crippen molar-refractivity contribution >= 4 is 5.97 Å². The SMILES string of the molecule is Cc1ccccc1-c1noc(C(C)N(C)CCC(=O)O)n1. The van der Waals surface area contributed by atoms with Crippen molar-refractivity contribution in [3.63, 3.8) is 0 Å². The molecule has 0 aliphatic heterocycles. The van der Waals surface area contributed by atoms with Gasteiger partial charge in [-0.3, -0.25) is 9.69 Å². The Labute approximate surface area is 123 Å². The summed E-state index contributed by atoms with van der Waals surface area (Å²) in [5, 5.41) is 12.7. The maximum absolute atomic E-state index is 10.6. The molecule has 112 valence electrons. The highest BCUT2D eigenvalue weighted by atomic mass is 16.5. The molecule has 0 aliphatic rings. The molecule has 0 amide bonds. The average molecular weight is 289 g/mol. The third-order valence-electron chi connectivity index (χ3n) is 3.52. The molecule has 6 nitrogen and oxygen atoms in total. The fourth-order valence-corrected chi connectivity index (χ4v) is 1.99. The van der Waals surface area contributed by atoms with Crippen LogP contribution in [0.15, 0.2) is 28.8 Å². The van der Waals surface area contributed by atoms with Gasteiger partial charge in [-0.1, -0.05) is 29.4 Å². The lowest BCUT2D eigenvalue weighted by Crippen LogP contribution is -2.25. The summed E-state index contributed by atoms with van der Waals surface area (Å²) in [6.07, 6.45) is 0.0830. The van der Waals surface area contributed by atoms with Crippen LogP contribution in [0.5, 0.6) is 0 Å². The lowest BCUT2D eigenvalue weighted by atomic mass is 10.1. The molecule has 0 bridgehead atoms. The van der Waals surface area contributed by atoms with Gasteiger partial charge < -0.3 is 9.63 Å². The Hall–Kier alpha value is -2.21. The predicted octanol–water partition coefficient (Wildman–Crippen LogP) is 2.51. The Kier molecular flexibility index (Phi) is 4.70. The fourth-order valence-electron chi connectivity index (χ4n) is 1.99. The fraction of sp³-hybridized carbons (Fsp3) is 0.400. The monoisotopic (exact) mass is 289 g/mol. The van der Waals surface area contributed by atoms with E-state index in [2.05, 4.69) is 10.1 Å². The molecule has 1 aromatic carbocycles. The molecule has 6 heteroatoms. The standard InChI is InChI=1S/C15H19N3O3/c1-10-6-4-5-7-12(10)14-16-15(21-17-14)11(2)18(3)9-8-13(19)20/h4-7,11H,8-9H2,1-3H3,(H,19,20). The van der Waals surface area contributed by atoms with Gasteiger partial charge in [-0.15, -0.1) is 0 Å². The molecule has 2 aromatic rings. The summed E-state index contributed by atoms with van der Waals surface area (Å²) in [5.41, 5.74) is 2.02. The van der Waals surface area contributed by atoms with E-state index in [9.17, 15) is 4.79 Å². The zero-order valence-electron chi connectivity index (χ0n) is 12.4. The van der Waals surface area contributed by atoms with Crippen LogP contribution < -0.4 is 0 Å². The number of carboxylic acids is 1. The second-order valence-corrected chi connectivity index (χ2v) is 5.07. The Morgan fingerprint density at radius 3 is 2.81 bits per heavy atom. The summed E-state index contributed by atoms with van der Waals surface area (Å²) < 4.78 is 5.31. The molecule has 0 spiro atoms. The lowest BCUT2D eigenvalue weighted by Gasteiger charge is -2.20. The highest BCUT2D eigenvalue weighted by Gasteiger charge is 2.20. The molecular weight excluding hydrogens is 270 g/mol. The van der Waals surface area contributed by atoms with E-state index in [-0.39, 0.29) is 12.5 Å². The van der Waals surface area contributed by atoms with E-state index in [0.29, 0.717) is 18.3 Å². The maximum atomic E-state index is 10.6. The third-order valence-corrected chi connectivity index (χ3v) is 3.52.